The van der Waals surface area contributed by atoms with Crippen LogP contribution in [0.5, 0.6) is 0 Å². The predicted molar refractivity (Wildman–Crippen MR) is 107 cm³/mol. The van der Waals surface area contributed by atoms with Crippen molar-refractivity contribution >= 4 is 33.5 Å². The minimum absolute atomic E-state index is 0.01000. The molecule has 1 saturated heterocycles. The fourth-order valence-corrected chi connectivity index (χ4v) is 4.78. The van der Waals surface area contributed by atoms with Crippen molar-refractivity contribution in [3.05, 3.63) is 39.5 Å². The molecule has 27 heavy (non-hydrogen) atoms. The summed E-state index contributed by atoms with van der Waals surface area (Å²) in [5, 5.41) is 7.49. The molecule has 0 unspecified atom stereocenters. The Hall–Kier alpha value is -1.81. The third kappa shape index (κ3) is 4.06. The summed E-state index contributed by atoms with van der Waals surface area (Å²) >= 11 is 3.15. The molecule has 4 heterocycles. The fraction of sp³-hybridized carbons (Fsp3) is 0.500. The Balaban J connectivity index is 1.49. The average Bonchev–Trinajstić information content (AvgIpc) is 3.35. The first-order valence-corrected chi connectivity index (χ1v) is 10.9. The lowest BCUT2D eigenvalue weighted by atomic mass is 10.2. The number of carbonyl (C=O) groups excluding carboxylic acids is 1. The second-order valence-electron chi connectivity index (χ2n) is 6.84. The van der Waals surface area contributed by atoms with Gasteiger partial charge in [0.25, 0.3) is 5.91 Å². The van der Waals surface area contributed by atoms with Crippen LogP contribution in [-0.2, 0) is 17.7 Å². The van der Waals surface area contributed by atoms with Crippen LogP contribution in [0.4, 0.5) is 0 Å². The van der Waals surface area contributed by atoms with Crippen LogP contribution in [0.15, 0.2) is 22.5 Å². The molecule has 1 aliphatic rings. The molecule has 0 bridgehead atoms. The zero-order valence-electron chi connectivity index (χ0n) is 15.4. The summed E-state index contributed by atoms with van der Waals surface area (Å²) in [4.78, 5) is 24.8. The molecule has 0 radical (unpaired) electrons. The smallest absolute Gasteiger partial charge is 0.274 e. The van der Waals surface area contributed by atoms with E-state index in [2.05, 4.69) is 20.7 Å². The van der Waals surface area contributed by atoms with Gasteiger partial charge in [0, 0.05) is 49.6 Å². The number of hydrogen-bond acceptors (Lipinski definition) is 7. The van der Waals surface area contributed by atoms with E-state index >= 15 is 0 Å². The monoisotopic (exact) mass is 405 g/mol. The highest BCUT2D eigenvalue weighted by molar-refractivity contribution is 7.15. The zero-order chi connectivity index (χ0) is 18.8. The molecular formula is C18H23N5O2S2. The number of fused-ring (bicyclic) bond motifs is 1. The number of nitrogens with one attached hydrogen (secondary N) is 1. The first-order chi connectivity index (χ1) is 13.1. The maximum atomic E-state index is 13.2. The lowest BCUT2D eigenvalue weighted by molar-refractivity contribution is -0.0587. The van der Waals surface area contributed by atoms with E-state index in [9.17, 15) is 4.79 Å². The Kier molecular flexibility index (Phi) is 5.53. The average molecular weight is 406 g/mol. The highest BCUT2D eigenvalue weighted by Crippen LogP contribution is 2.21. The van der Waals surface area contributed by atoms with Gasteiger partial charge in [-0.3, -0.25) is 9.20 Å². The van der Waals surface area contributed by atoms with E-state index in [4.69, 9.17) is 4.74 Å². The molecule has 0 aromatic carbocycles. The lowest BCUT2D eigenvalue weighted by Crippen LogP contribution is -2.48. The number of imidazole rings is 1. The largest absolute Gasteiger partial charge is 0.372 e. The zero-order valence-corrected chi connectivity index (χ0v) is 17.1. The van der Waals surface area contributed by atoms with Crippen molar-refractivity contribution in [3.8, 4) is 0 Å². The van der Waals surface area contributed by atoms with Crippen LogP contribution in [-0.4, -0.2) is 57.0 Å². The topological polar surface area (TPSA) is 71.8 Å². The first-order valence-electron chi connectivity index (χ1n) is 9.08. The normalized spacial score (nSPS) is 20.4. The summed E-state index contributed by atoms with van der Waals surface area (Å²) in [7, 11) is 0. The van der Waals surface area contributed by atoms with E-state index in [1.165, 1.54) is 0 Å². The molecule has 3 aromatic rings. The molecule has 1 fully saturated rings. The van der Waals surface area contributed by atoms with Gasteiger partial charge in [-0.05, 0) is 13.8 Å². The first kappa shape index (κ1) is 18.5. The quantitative estimate of drug-likeness (QED) is 0.638. The molecule has 0 aliphatic carbocycles. The van der Waals surface area contributed by atoms with Gasteiger partial charge >= 0.3 is 0 Å². The molecule has 3 aromatic heterocycles. The van der Waals surface area contributed by atoms with Gasteiger partial charge in [0.1, 0.15) is 0 Å². The number of rotatable bonds is 6. The summed E-state index contributed by atoms with van der Waals surface area (Å²) in [5.74, 6) is -0.01000. The number of amides is 1. The van der Waals surface area contributed by atoms with Gasteiger partial charge in [-0.2, -0.15) is 0 Å². The second kappa shape index (κ2) is 8.05. The fourth-order valence-electron chi connectivity index (χ4n) is 3.45. The van der Waals surface area contributed by atoms with Crippen LogP contribution in [0.2, 0.25) is 0 Å². The van der Waals surface area contributed by atoms with Crippen LogP contribution in [0.3, 0.4) is 0 Å². The molecule has 1 amide bonds. The molecular weight excluding hydrogens is 382 g/mol. The number of thiazole rings is 2. The minimum Gasteiger partial charge on any atom is -0.372 e. The van der Waals surface area contributed by atoms with E-state index < -0.39 is 0 Å². The van der Waals surface area contributed by atoms with Gasteiger partial charge in [-0.25, -0.2) is 9.97 Å². The maximum absolute atomic E-state index is 13.2. The van der Waals surface area contributed by atoms with Crippen molar-refractivity contribution < 1.29 is 9.53 Å². The van der Waals surface area contributed by atoms with Crippen molar-refractivity contribution in [2.75, 3.05) is 19.6 Å². The number of morpholine rings is 1. The van der Waals surface area contributed by atoms with Gasteiger partial charge in [-0.15, -0.1) is 22.7 Å². The molecule has 0 spiro atoms. The molecule has 2 atom stereocenters. The van der Waals surface area contributed by atoms with E-state index in [0.717, 1.165) is 29.3 Å². The molecule has 144 valence electrons. The number of aromatic nitrogens is 3. The standard InChI is InChI=1S/C18H23N5O2S2/c1-12-8-22(9-13(2)25-12)17(24)16-15(23-5-6-27-18(23)21-16)7-19-4-3-14-10-26-11-20-14/h5-6,10-13,19H,3-4,7-9H2,1-2H3/t12-,13+. The van der Waals surface area contributed by atoms with E-state index in [1.54, 1.807) is 22.7 Å². The molecule has 0 saturated carbocycles. The van der Waals surface area contributed by atoms with E-state index in [-0.39, 0.29) is 18.1 Å². The SMILES string of the molecule is C[C@@H]1CN(C(=O)c2nc3sccn3c2CNCCc2cscn2)C[C@H](C)O1. The minimum atomic E-state index is -0.01000. The van der Waals surface area contributed by atoms with Gasteiger partial charge in [0.05, 0.1) is 29.1 Å². The highest BCUT2D eigenvalue weighted by atomic mass is 32.1. The number of ether oxygens (including phenoxy) is 1. The maximum Gasteiger partial charge on any atom is 0.274 e. The highest BCUT2D eigenvalue weighted by Gasteiger charge is 2.30. The molecule has 1 N–H and O–H groups in total. The second-order valence-corrected chi connectivity index (χ2v) is 8.43. The molecule has 1 aliphatic heterocycles. The molecule has 9 heteroatoms. The molecule has 4 rings (SSSR count). The van der Waals surface area contributed by atoms with Crippen LogP contribution in [0, 0.1) is 0 Å². The Morgan fingerprint density at radius 2 is 2.19 bits per heavy atom. The summed E-state index contributed by atoms with van der Waals surface area (Å²) in [6, 6.07) is 0. The van der Waals surface area contributed by atoms with Crippen molar-refractivity contribution in [2.45, 2.75) is 39.0 Å². The van der Waals surface area contributed by atoms with Gasteiger partial charge < -0.3 is 15.0 Å². The number of hydrogen-bond donors (Lipinski definition) is 1. The third-order valence-electron chi connectivity index (χ3n) is 4.60. The van der Waals surface area contributed by atoms with E-state index in [0.29, 0.717) is 25.3 Å². The van der Waals surface area contributed by atoms with Crippen molar-refractivity contribution in [1.82, 2.24) is 24.6 Å². The van der Waals surface area contributed by atoms with Gasteiger partial charge in [0.15, 0.2) is 10.7 Å². The summed E-state index contributed by atoms with van der Waals surface area (Å²) in [6.45, 7) is 6.61. The Morgan fingerprint density at radius 1 is 1.37 bits per heavy atom. The Bertz CT molecular complexity index is 894. The van der Waals surface area contributed by atoms with Crippen LogP contribution < -0.4 is 5.32 Å². The van der Waals surface area contributed by atoms with Crippen molar-refractivity contribution in [3.63, 3.8) is 0 Å². The number of nitrogens with zero attached hydrogens (tertiary/aromatic N) is 4. The van der Waals surface area contributed by atoms with Gasteiger partial charge in [-0.1, -0.05) is 0 Å². The summed E-state index contributed by atoms with van der Waals surface area (Å²) in [5.41, 5.74) is 4.40. The van der Waals surface area contributed by atoms with Crippen molar-refractivity contribution in [2.24, 2.45) is 0 Å². The summed E-state index contributed by atoms with van der Waals surface area (Å²) < 4.78 is 7.77. The Labute approximate surface area is 166 Å². The van der Waals surface area contributed by atoms with Gasteiger partial charge in [0.2, 0.25) is 0 Å². The summed E-state index contributed by atoms with van der Waals surface area (Å²) in [6.07, 6.45) is 2.94. The van der Waals surface area contributed by atoms with Crippen LogP contribution >= 0.6 is 22.7 Å². The van der Waals surface area contributed by atoms with E-state index in [1.807, 2.05) is 40.2 Å². The molecule has 7 nitrogen and oxygen atoms in total. The van der Waals surface area contributed by atoms with Crippen LogP contribution in [0.1, 0.15) is 35.7 Å². The van der Waals surface area contributed by atoms with Crippen LogP contribution in [0.25, 0.3) is 4.96 Å². The third-order valence-corrected chi connectivity index (χ3v) is 6.00. The Morgan fingerprint density at radius 3 is 2.93 bits per heavy atom. The lowest BCUT2D eigenvalue weighted by Gasteiger charge is -2.35. The predicted octanol–water partition coefficient (Wildman–Crippen LogP) is 2.43. The van der Waals surface area contributed by atoms with Crippen molar-refractivity contribution in [1.29, 1.82) is 0 Å². The number of carbonyl (C=O) groups is 1.